The minimum absolute atomic E-state index is 0.742. The summed E-state index contributed by atoms with van der Waals surface area (Å²) in [4.78, 5) is 4.47. The molecule has 2 aromatic carbocycles. The van der Waals surface area contributed by atoms with Gasteiger partial charge in [-0.3, -0.25) is 5.10 Å². The molecule has 4 aromatic rings. The van der Waals surface area contributed by atoms with Gasteiger partial charge in [0, 0.05) is 42.8 Å². The maximum atomic E-state index is 6.03. The second kappa shape index (κ2) is 6.67. The summed E-state index contributed by atoms with van der Waals surface area (Å²) in [5.74, 6) is 0.806. The summed E-state index contributed by atoms with van der Waals surface area (Å²) in [7, 11) is 0. The Hall–Kier alpha value is -1.69. The highest BCUT2D eigenvalue weighted by Crippen LogP contribution is 2.32. The number of aromatic nitrogens is 3. The number of hydrogen-bond donors (Lipinski definition) is 2. The lowest BCUT2D eigenvalue weighted by Crippen LogP contribution is -1.79. The first-order valence-electron chi connectivity index (χ1n) is 7.39. The van der Waals surface area contributed by atoms with Gasteiger partial charge in [-0.25, -0.2) is 0 Å². The molecule has 6 heteroatoms. The van der Waals surface area contributed by atoms with Crippen LogP contribution in [-0.4, -0.2) is 15.2 Å². The lowest BCUT2D eigenvalue weighted by molar-refractivity contribution is 1.04. The predicted octanol–water partition coefficient (Wildman–Crippen LogP) is 6.27. The van der Waals surface area contributed by atoms with Crippen molar-refractivity contribution in [2.24, 2.45) is 0 Å². The SMILES string of the molecule is Clc1ccc2c(SCc3cc(-c4cccc(Br)c4)[nH]n3)c[nH]c2c1. The van der Waals surface area contributed by atoms with Gasteiger partial charge in [-0.1, -0.05) is 45.7 Å². The minimum Gasteiger partial charge on any atom is -0.360 e. The maximum absolute atomic E-state index is 6.03. The van der Waals surface area contributed by atoms with Crippen LogP contribution >= 0.6 is 39.3 Å². The van der Waals surface area contributed by atoms with Crippen LogP contribution in [0.25, 0.3) is 22.2 Å². The van der Waals surface area contributed by atoms with Gasteiger partial charge in [0.15, 0.2) is 0 Å². The van der Waals surface area contributed by atoms with E-state index in [2.05, 4.69) is 49.3 Å². The number of H-pyrrole nitrogens is 2. The summed E-state index contributed by atoms with van der Waals surface area (Å²) >= 11 is 11.3. The number of hydrogen-bond acceptors (Lipinski definition) is 2. The molecule has 4 rings (SSSR count). The summed E-state index contributed by atoms with van der Waals surface area (Å²) < 4.78 is 1.06. The van der Waals surface area contributed by atoms with Gasteiger partial charge < -0.3 is 4.98 Å². The van der Waals surface area contributed by atoms with Crippen molar-refractivity contribution in [3.8, 4) is 11.3 Å². The van der Waals surface area contributed by atoms with Crippen molar-refractivity contribution in [3.63, 3.8) is 0 Å². The smallest absolute Gasteiger partial charge is 0.0731 e. The second-order valence-corrected chi connectivity index (χ2v) is 7.78. The monoisotopic (exact) mass is 417 g/mol. The highest BCUT2D eigenvalue weighted by molar-refractivity contribution is 9.10. The number of rotatable bonds is 4. The molecule has 120 valence electrons. The molecule has 0 unspecified atom stereocenters. The van der Waals surface area contributed by atoms with E-state index in [4.69, 9.17) is 11.6 Å². The van der Waals surface area contributed by atoms with Gasteiger partial charge in [-0.05, 0) is 30.3 Å². The fourth-order valence-corrected chi connectivity index (χ4v) is 4.08. The third kappa shape index (κ3) is 3.24. The molecule has 0 saturated carbocycles. The number of halogens is 2. The average Bonchev–Trinajstić information content (AvgIpc) is 3.19. The topological polar surface area (TPSA) is 44.5 Å². The summed E-state index contributed by atoms with van der Waals surface area (Å²) in [5, 5.41) is 9.47. The molecule has 0 bridgehead atoms. The highest BCUT2D eigenvalue weighted by atomic mass is 79.9. The van der Waals surface area contributed by atoms with Crippen LogP contribution in [0.5, 0.6) is 0 Å². The molecule has 0 aliphatic heterocycles. The van der Waals surface area contributed by atoms with Crippen LogP contribution in [0.4, 0.5) is 0 Å². The Balaban J connectivity index is 1.52. The largest absolute Gasteiger partial charge is 0.360 e. The second-order valence-electron chi connectivity index (χ2n) is 5.41. The molecule has 2 aromatic heterocycles. The van der Waals surface area contributed by atoms with Crippen LogP contribution in [0.2, 0.25) is 5.02 Å². The molecule has 0 fully saturated rings. The van der Waals surface area contributed by atoms with Crippen molar-refractivity contribution >= 4 is 50.2 Å². The lowest BCUT2D eigenvalue weighted by Gasteiger charge is -1.98. The minimum atomic E-state index is 0.742. The van der Waals surface area contributed by atoms with Gasteiger partial charge in [0.25, 0.3) is 0 Å². The van der Waals surface area contributed by atoms with E-state index in [1.165, 1.54) is 10.3 Å². The van der Waals surface area contributed by atoms with Crippen LogP contribution < -0.4 is 0 Å². The number of aromatic amines is 2. The van der Waals surface area contributed by atoms with Crippen LogP contribution in [0.3, 0.4) is 0 Å². The zero-order valence-corrected chi connectivity index (χ0v) is 15.7. The molecule has 3 nitrogen and oxygen atoms in total. The molecule has 0 radical (unpaired) electrons. The molecular formula is C18H13BrClN3S. The first-order chi connectivity index (χ1) is 11.7. The molecule has 0 aliphatic rings. The van der Waals surface area contributed by atoms with Gasteiger partial charge >= 0.3 is 0 Å². The number of thioether (sulfide) groups is 1. The Bertz CT molecular complexity index is 1010. The van der Waals surface area contributed by atoms with Gasteiger partial charge in [-0.2, -0.15) is 5.10 Å². The lowest BCUT2D eigenvalue weighted by atomic mass is 10.1. The van der Waals surface area contributed by atoms with E-state index in [1.54, 1.807) is 11.8 Å². The molecule has 0 atom stereocenters. The Labute approximate surface area is 156 Å². The molecule has 0 saturated heterocycles. The van der Waals surface area contributed by atoms with Crippen LogP contribution in [0.15, 0.2) is 64.1 Å². The van der Waals surface area contributed by atoms with E-state index in [0.29, 0.717) is 0 Å². The van der Waals surface area contributed by atoms with Crippen molar-refractivity contribution in [1.82, 2.24) is 15.2 Å². The summed E-state index contributed by atoms with van der Waals surface area (Å²) in [5.41, 5.74) is 4.23. The quantitative estimate of drug-likeness (QED) is 0.384. The van der Waals surface area contributed by atoms with Gasteiger partial charge in [0.2, 0.25) is 0 Å². The Kier molecular flexibility index (Phi) is 4.39. The molecule has 24 heavy (non-hydrogen) atoms. The zero-order valence-electron chi connectivity index (χ0n) is 12.5. The molecule has 0 aliphatic carbocycles. The van der Waals surface area contributed by atoms with Crippen LogP contribution in [-0.2, 0) is 5.75 Å². The van der Waals surface area contributed by atoms with Crippen molar-refractivity contribution in [2.75, 3.05) is 0 Å². The zero-order chi connectivity index (χ0) is 16.5. The van der Waals surface area contributed by atoms with E-state index in [1.807, 2.05) is 36.5 Å². The highest BCUT2D eigenvalue weighted by Gasteiger charge is 2.08. The van der Waals surface area contributed by atoms with E-state index in [-0.39, 0.29) is 0 Å². The normalized spacial score (nSPS) is 11.2. The average molecular weight is 419 g/mol. The fourth-order valence-electron chi connectivity index (χ4n) is 2.58. The predicted molar refractivity (Wildman–Crippen MR) is 105 cm³/mol. The summed E-state index contributed by atoms with van der Waals surface area (Å²) in [6.07, 6.45) is 2.02. The van der Waals surface area contributed by atoms with Crippen molar-refractivity contribution in [1.29, 1.82) is 0 Å². The Morgan fingerprint density at radius 3 is 2.92 bits per heavy atom. The van der Waals surface area contributed by atoms with Crippen LogP contribution in [0.1, 0.15) is 5.69 Å². The first-order valence-corrected chi connectivity index (χ1v) is 9.54. The van der Waals surface area contributed by atoms with E-state index in [0.717, 1.165) is 37.7 Å². The summed E-state index contributed by atoms with van der Waals surface area (Å²) in [6, 6.07) is 16.2. The number of nitrogens with zero attached hydrogens (tertiary/aromatic N) is 1. The number of fused-ring (bicyclic) bond motifs is 1. The van der Waals surface area contributed by atoms with Gasteiger partial charge in [-0.15, -0.1) is 11.8 Å². The van der Waals surface area contributed by atoms with Crippen molar-refractivity contribution in [2.45, 2.75) is 10.6 Å². The van der Waals surface area contributed by atoms with Crippen LogP contribution in [0, 0.1) is 0 Å². The third-order valence-electron chi connectivity index (χ3n) is 3.75. The van der Waals surface area contributed by atoms with Crippen molar-refractivity contribution in [3.05, 3.63) is 69.9 Å². The van der Waals surface area contributed by atoms with Gasteiger partial charge in [0.1, 0.15) is 0 Å². The van der Waals surface area contributed by atoms with E-state index in [9.17, 15) is 0 Å². The number of benzene rings is 2. The van der Waals surface area contributed by atoms with E-state index < -0.39 is 0 Å². The molecule has 0 spiro atoms. The van der Waals surface area contributed by atoms with Gasteiger partial charge in [0.05, 0.1) is 11.4 Å². The molecule has 0 amide bonds. The Morgan fingerprint density at radius 2 is 2.04 bits per heavy atom. The fraction of sp³-hybridized carbons (Fsp3) is 0.0556. The third-order valence-corrected chi connectivity index (χ3v) is 5.57. The molecular weight excluding hydrogens is 406 g/mol. The Morgan fingerprint density at radius 1 is 1.12 bits per heavy atom. The van der Waals surface area contributed by atoms with E-state index >= 15 is 0 Å². The summed E-state index contributed by atoms with van der Waals surface area (Å²) in [6.45, 7) is 0. The number of nitrogens with one attached hydrogen (secondary N) is 2. The standard InChI is InChI=1S/C18H13BrClN3S/c19-12-3-1-2-11(6-12)16-8-14(22-23-16)10-24-18-9-21-17-7-13(20)4-5-15(17)18/h1-9,21H,10H2,(H,22,23). The molecule has 2 N–H and O–H groups in total. The first kappa shape index (κ1) is 15.8. The molecule has 2 heterocycles. The maximum Gasteiger partial charge on any atom is 0.0731 e. The van der Waals surface area contributed by atoms with Crippen molar-refractivity contribution < 1.29 is 0 Å².